The van der Waals surface area contributed by atoms with Gasteiger partial charge < -0.3 is 4.90 Å². The van der Waals surface area contributed by atoms with Crippen LogP contribution in [0, 0.1) is 19.7 Å². The average Bonchev–Trinajstić information content (AvgIpc) is 2.97. The topological polar surface area (TPSA) is 83.5 Å². The van der Waals surface area contributed by atoms with E-state index in [1.807, 2.05) is 4.90 Å². The first-order valence-corrected chi connectivity index (χ1v) is 6.64. The van der Waals surface area contributed by atoms with Gasteiger partial charge in [0.2, 0.25) is 0 Å². The maximum absolute atomic E-state index is 14.1. The first kappa shape index (κ1) is 12.9. The van der Waals surface area contributed by atoms with E-state index >= 15 is 0 Å². The molecule has 1 fully saturated rings. The zero-order valence-corrected chi connectivity index (χ0v) is 11.5. The third kappa shape index (κ3) is 2.33. The SMILES string of the molecule is Cc1nc(C)c(F)c(N2CCC(c3nn[nH]n3)CC2)n1. The number of H-pyrrole nitrogens is 1. The number of rotatable bonds is 2. The lowest BCUT2D eigenvalue weighted by atomic mass is 9.96. The number of aryl methyl sites for hydroxylation is 2. The Morgan fingerprint density at radius 1 is 1.20 bits per heavy atom. The highest BCUT2D eigenvalue weighted by atomic mass is 19.1. The molecule has 0 bridgehead atoms. The monoisotopic (exact) mass is 277 g/mol. The van der Waals surface area contributed by atoms with Crippen LogP contribution in [0.2, 0.25) is 0 Å². The van der Waals surface area contributed by atoms with Gasteiger partial charge in [-0.05, 0) is 26.7 Å². The first-order chi connectivity index (χ1) is 9.65. The summed E-state index contributed by atoms with van der Waals surface area (Å²) < 4.78 is 14.1. The molecule has 2 aromatic heterocycles. The third-order valence-corrected chi connectivity index (χ3v) is 3.63. The second-order valence-electron chi connectivity index (χ2n) is 5.03. The van der Waals surface area contributed by atoms with E-state index in [4.69, 9.17) is 0 Å². The summed E-state index contributed by atoms with van der Waals surface area (Å²) in [5.74, 6) is 1.69. The fraction of sp³-hybridized carbons (Fsp3) is 0.583. The van der Waals surface area contributed by atoms with E-state index in [1.165, 1.54) is 0 Å². The molecular formula is C12H16FN7. The molecule has 3 rings (SSSR count). The van der Waals surface area contributed by atoms with Crippen molar-refractivity contribution in [2.24, 2.45) is 0 Å². The van der Waals surface area contributed by atoms with Gasteiger partial charge in [-0.1, -0.05) is 5.21 Å². The fourth-order valence-electron chi connectivity index (χ4n) is 2.58. The quantitative estimate of drug-likeness (QED) is 0.886. The predicted octanol–water partition coefficient (Wildman–Crippen LogP) is 1.13. The van der Waals surface area contributed by atoms with Crippen LogP contribution in [0.25, 0.3) is 0 Å². The van der Waals surface area contributed by atoms with E-state index in [0.29, 0.717) is 17.3 Å². The molecule has 0 amide bonds. The summed E-state index contributed by atoms with van der Waals surface area (Å²) >= 11 is 0. The van der Waals surface area contributed by atoms with Gasteiger partial charge in [0.05, 0.1) is 5.69 Å². The van der Waals surface area contributed by atoms with E-state index in [9.17, 15) is 4.39 Å². The van der Waals surface area contributed by atoms with Crippen molar-refractivity contribution in [2.75, 3.05) is 18.0 Å². The van der Waals surface area contributed by atoms with Crippen LogP contribution in [0.3, 0.4) is 0 Å². The number of aromatic amines is 1. The van der Waals surface area contributed by atoms with Crippen molar-refractivity contribution < 1.29 is 4.39 Å². The van der Waals surface area contributed by atoms with E-state index in [2.05, 4.69) is 30.6 Å². The predicted molar refractivity (Wildman–Crippen MR) is 69.8 cm³/mol. The van der Waals surface area contributed by atoms with E-state index < -0.39 is 0 Å². The number of hydrogen-bond donors (Lipinski definition) is 1. The summed E-state index contributed by atoms with van der Waals surface area (Å²) in [5, 5.41) is 14.1. The van der Waals surface area contributed by atoms with Crippen LogP contribution in [-0.2, 0) is 0 Å². The lowest BCUT2D eigenvalue weighted by Gasteiger charge is -2.31. The van der Waals surface area contributed by atoms with Gasteiger partial charge in [-0.15, -0.1) is 10.2 Å². The Morgan fingerprint density at radius 3 is 2.60 bits per heavy atom. The number of hydrogen-bond acceptors (Lipinski definition) is 6. The van der Waals surface area contributed by atoms with Crippen LogP contribution >= 0.6 is 0 Å². The van der Waals surface area contributed by atoms with Crippen LogP contribution in [0.1, 0.15) is 36.1 Å². The normalized spacial score (nSPS) is 16.6. The van der Waals surface area contributed by atoms with Crippen LogP contribution < -0.4 is 4.90 Å². The number of aromatic nitrogens is 6. The molecule has 2 aromatic rings. The molecule has 1 aliphatic rings. The lowest BCUT2D eigenvalue weighted by Crippen LogP contribution is -2.35. The Hall–Kier alpha value is -2.12. The summed E-state index contributed by atoms with van der Waals surface area (Å²) in [6.07, 6.45) is 1.72. The summed E-state index contributed by atoms with van der Waals surface area (Å²) in [5.41, 5.74) is 0.396. The molecule has 1 aliphatic heterocycles. The Kier molecular flexibility index (Phi) is 3.29. The number of nitrogens with zero attached hydrogens (tertiary/aromatic N) is 6. The fourth-order valence-corrected chi connectivity index (χ4v) is 2.58. The molecule has 7 nitrogen and oxygen atoms in total. The molecule has 0 unspecified atom stereocenters. The molecule has 0 radical (unpaired) electrons. The van der Waals surface area contributed by atoms with Gasteiger partial charge in [0.25, 0.3) is 0 Å². The number of piperidine rings is 1. The van der Waals surface area contributed by atoms with Gasteiger partial charge in [0.15, 0.2) is 17.5 Å². The van der Waals surface area contributed by atoms with Gasteiger partial charge in [-0.3, -0.25) is 0 Å². The van der Waals surface area contributed by atoms with Crippen molar-refractivity contribution in [1.82, 2.24) is 30.6 Å². The highest BCUT2D eigenvalue weighted by Gasteiger charge is 2.26. The van der Waals surface area contributed by atoms with Crippen molar-refractivity contribution in [3.63, 3.8) is 0 Å². The third-order valence-electron chi connectivity index (χ3n) is 3.63. The van der Waals surface area contributed by atoms with Crippen molar-refractivity contribution in [3.05, 3.63) is 23.2 Å². The van der Waals surface area contributed by atoms with Crippen molar-refractivity contribution in [2.45, 2.75) is 32.6 Å². The smallest absolute Gasteiger partial charge is 0.186 e. The number of nitrogens with one attached hydrogen (secondary N) is 1. The van der Waals surface area contributed by atoms with Gasteiger partial charge >= 0.3 is 0 Å². The van der Waals surface area contributed by atoms with E-state index in [0.717, 1.165) is 31.8 Å². The highest BCUT2D eigenvalue weighted by Crippen LogP contribution is 2.29. The molecule has 0 aromatic carbocycles. The molecule has 0 saturated carbocycles. The van der Waals surface area contributed by atoms with Gasteiger partial charge in [-0.2, -0.15) is 5.21 Å². The Morgan fingerprint density at radius 2 is 1.95 bits per heavy atom. The molecular weight excluding hydrogens is 261 g/mol. The summed E-state index contributed by atoms with van der Waals surface area (Å²) in [4.78, 5) is 10.2. The molecule has 1 saturated heterocycles. The molecule has 1 N–H and O–H groups in total. The molecule has 0 spiro atoms. The zero-order chi connectivity index (χ0) is 14.1. The minimum Gasteiger partial charge on any atom is -0.354 e. The first-order valence-electron chi connectivity index (χ1n) is 6.64. The van der Waals surface area contributed by atoms with Gasteiger partial charge in [0.1, 0.15) is 5.82 Å². The van der Waals surface area contributed by atoms with Crippen molar-refractivity contribution in [1.29, 1.82) is 0 Å². The van der Waals surface area contributed by atoms with Gasteiger partial charge in [0, 0.05) is 19.0 Å². The van der Waals surface area contributed by atoms with Crippen molar-refractivity contribution >= 4 is 5.82 Å². The standard InChI is InChI=1S/C12H16FN7/c1-7-10(13)12(15-8(2)14-7)20-5-3-9(4-6-20)11-16-18-19-17-11/h9H,3-6H2,1-2H3,(H,16,17,18,19). The second kappa shape index (κ2) is 5.10. The largest absolute Gasteiger partial charge is 0.354 e. The molecule has 3 heterocycles. The maximum Gasteiger partial charge on any atom is 0.186 e. The average molecular weight is 277 g/mol. The molecule has 20 heavy (non-hydrogen) atoms. The van der Waals surface area contributed by atoms with Crippen LogP contribution in [0.15, 0.2) is 0 Å². The second-order valence-corrected chi connectivity index (χ2v) is 5.03. The van der Waals surface area contributed by atoms with E-state index in [1.54, 1.807) is 13.8 Å². The molecule has 0 atom stereocenters. The van der Waals surface area contributed by atoms with Crippen LogP contribution in [-0.4, -0.2) is 43.7 Å². The number of anilines is 1. The molecule has 0 aliphatic carbocycles. The minimum absolute atomic E-state index is 0.275. The Labute approximate surface area is 115 Å². The number of halogens is 1. The van der Waals surface area contributed by atoms with Gasteiger partial charge in [-0.25, -0.2) is 14.4 Å². The number of tetrazole rings is 1. The van der Waals surface area contributed by atoms with Crippen LogP contribution in [0.4, 0.5) is 10.2 Å². The van der Waals surface area contributed by atoms with Crippen molar-refractivity contribution in [3.8, 4) is 0 Å². The zero-order valence-electron chi connectivity index (χ0n) is 11.5. The Balaban J connectivity index is 1.75. The lowest BCUT2D eigenvalue weighted by molar-refractivity contribution is 0.474. The molecule has 106 valence electrons. The van der Waals surface area contributed by atoms with E-state index in [-0.39, 0.29) is 11.7 Å². The summed E-state index contributed by atoms with van der Waals surface area (Å²) in [6.45, 7) is 4.90. The van der Waals surface area contributed by atoms with Crippen LogP contribution in [0.5, 0.6) is 0 Å². The maximum atomic E-state index is 14.1. The summed E-state index contributed by atoms with van der Waals surface area (Å²) in [7, 11) is 0. The molecule has 8 heteroatoms. The Bertz CT molecular complexity index is 590. The highest BCUT2D eigenvalue weighted by molar-refractivity contribution is 5.42. The summed E-state index contributed by atoms with van der Waals surface area (Å²) in [6, 6.07) is 0. The minimum atomic E-state index is -0.325.